The van der Waals surface area contributed by atoms with Gasteiger partial charge in [0.05, 0.1) is 6.61 Å². The molecule has 112 valence electrons. The largest absolute Gasteiger partial charge is 0.392 e. The second-order valence-corrected chi connectivity index (χ2v) is 7.96. The van der Waals surface area contributed by atoms with E-state index < -0.39 is 27.3 Å². The molecule has 0 aliphatic rings. The molecule has 2 aromatic carbocycles. The van der Waals surface area contributed by atoms with Crippen LogP contribution in [0.4, 0.5) is 10.1 Å². The molecule has 4 nitrogen and oxygen atoms in total. The molecule has 0 bridgehead atoms. The van der Waals surface area contributed by atoms with E-state index in [1.54, 1.807) is 24.3 Å². The summed E-state index contributed by atoms with van der Waals surface area (Å²) in [6.07, 6.45) is 0. The van der Waals surface area contributed by atoms with Crippen LogP contribution in [0, 0.1) is 9.39 Å². The van der Waals surface area contributed by atoms with Crippen molar-refractivity contribution in [1.82, 2.24) is 0 Å². The van der Waals surface area contributed by atoms with Gasteiger partial charge >= 0.3 is 0 Å². The summed E-state index contributed by atoms with van der Waals surface area (Å²) >= 11 is 5.20. The normalized spacial score (nSPS) is 11.4. The van der Waals surface area contributed by atoms with Gasteiger partial charge < -0.3 is 5.11 Å². The van der Waals surface area contributed by atoms with Crippen LogP contribution in [0.25, 0.3) is 0 Å². The second-order valence-electron chi connectivity index (χ2n) is 4.15. The number of hydrogen-bond donors (Lipinski definition) is 2. The van der Waals surface area contributed by atoms with E-state index in [2.05, 4.69) is 43.2 Å². The van der Waals surface area contributed by atoms with Gasteiger partial charge in [-0.15, -0.1) is 0 Å². The number of halogens is 3. The number of aliphatic hydroxyl groups is 1. The maximum Gasteiger partial charge on any atom is 0.264 e. The number of rotatable bonds is 4. The molecule has 0 saturated carbocycles. The van der Waals surface area contributed by atoms with Gasteiger partial charge in [-0.3, -0.25) is 4.72 Å². The van der Waals surface area contributed by atoms with E-state index in [1.165, 1.54) is 6.07 Å². The molecule has 0 heterocycles. The van der Waals surface area contributed by atoms with Gasteiger partial charge in [0.2, 0.25) is 0 Å². The predicted molar refractivity (Wildman–Crippen MR) is 90.0 cm³/mol. The zero-order valence-electron chi connectivity index (χ0n) is 10.5. The van der Waals surface area contributed by atoms with Gasteiger partial charge in [0.25, 0.3) is 10.0 Å². The molecule has 2 rings (SSSR count). The lowest BCUT2D eigenvalue weighted by molar-refractivity contribution is 0.274. The molecule has 0 aliphatic carbocycles. The van der Waals surface area contributed by atoms with E-state index in [0.29, 0.717) is 10.2 Å². The van der Waals surface area contributed by atoms with Crippen LogP contribution in [-0.2, 0) is 16.6 Å². The monoisotopic (exact) mass is 485 g/mol. The average molecular weight is 486 g/mol. The maximum atomic E-state index is 14.1. The first kappa shape index (κ1) is 16.7. The summed E-state index contributed by atoms with van der Waals surface area (Å²) in [6.45, 7) is -0.586. The lowest BCUT2D eigenvalue weighted by atomic mass is 10.2. The molecule has 0 saturated heterocycles. The van der Waals surface area contributed by atoms with Crippen molar-refractivity contribution >= 4 is 54.2 Å². The number of hydrogen-bond acceptors (Lipinski definition) is 3. The summed E-state index contributed by atoms with van der Waals surface area (Å²) in [7, 11) is -4.08. The zero-order valence-corrected chi connectivity index (χ0v) is 15.0. The van der Waals surface area contributed by atoms with E-state index in [1.807, 2.05) is 0 Å². The van der Waals surface area contributed by atoms with Crippen LogP contribution in [0.1, 0.15) is 5.56 Å². The number of anilines is 1. The third-order valence-electron chi connectivity index (χ3n) is 2.64. The summed E-state index contributed by atoms with van der Waals surface area (Å²) in [6, 6.07) is 9.12. The van der Waals surface area contributed by atoms with Gasteiger partial charge in [-0.1, -0.05) is 15.9 Å². The minimum Gasteiger partial charge on any atom is -0.392 e. The molecule has 2 aromatic rings. The van der Waals surface area contributed by atoms with Crippen LogP contribution < -0.4 is 4.72 Å². The first-order valence-corrected chi connectivity index (χ1v) is 9.06. The molecule has 0 fully saturated rings. The highest BCUT2D eigenvalue weighted by atomic mass is 127. The van der Waals surface area contributed by atoms with Gasteiger partial charge in [-0.2, -0.15) is 0 Å². The van der Waals surface area contributed by atoms with E-state index in [4.69, 9.17) is 5.11 Å². The quantitative estimate of drug-likeness (QED) is 0.651. The lowest BCUT2D eigenvalue weighted by Crippen LogP contribution is -2.15. The molecule has 0 atom stereocenters. The fourth-order valence-corrected chi connectivity index (χ4v) is 3.88. The van der Waals surface area contributed by atoms with Crippen molar-refractivity contribution in [3.05, 3.63) is 55.8 Å². The van der Waals surface area contributed by atoms with Gasteiger partial charge in [0.1, 0.15) is 10.7 Å². The Morgan fingerprint density at radius 3 is 2.43 bits per heavy atom. The molecule has 0 radical (unpaired) electrons. The Morgan fingerprint density at radius 2 is 1.86 bits per heavy atom. The lowest BCUT2D eigenvalue weighted by Gasteiger charge is -2.11. The average Bonchev–Trinajstić information content (AvgIpc) is 2.43. The van der Waals surface area contributed by atoms with Gasteiger partial charge in [-0.25, -0.2) is 12.8 Å². The Bertz CT molecular complexity index is 766. The van der Waals surface area contributed by atoms with Crippen LogP contribution in [0.15, 0.2) is 45.8 Å². The molecule has 8 heteroatoms. The van der Waals surface area contributed by atoms with Crippen LogP contribution >= 0.6 is 38.5 Å². The molecular formula is C13H10BrFINO3S. The summed E-state index contributed by atoms with van der Waals surface area (Å²) in [5.74, 6) is -0.960. The molecule has 21 heavy (non-hydrogen) atoms. The van der Waals surface area contributed by atoms with E-state index in [9.17, 15) is 12.8 Å². The van der Waals surface area contributed by atoms with Gasteiger partial charge in [0.15, 0.2) is 0 Å². The Hall–Kier alpha value is -0.710. The maximum absolute atomic E-state index is 14.1. The van der Waals surface area contributed by atoms with E-state index in [0.717, 1.165) is 9.64 Å². The Labute approximate surface area is 143 Å². The van der Waals surface area contributed by atoms with Crippen molar-refractivity contribution in [2.24, 2.45) is 0 Å². The minimum atomic E-state index is -4.08. The molecule has 0 aromatic heterocycles. The first-order chi connectivity index (χ1) is 9.83. The van der Waals surface area contributed by atoms with Crippen molar-refractivity contribution in [1.29, 1.82) is 0 Å². The number of nitrogens with one attached hydrogen (secondary N) is 1. The molecule has 0 unspecified atom stereocenters. The molecule has 0 spiro atoms. The van der Waals surface area contributed by atoms with Crippen molar-refractivity contribution in [3.63, 3.8) is 0 Å². The van der Waals surface area contributed by atoms with Crippen LogP contribution in [0.5, 0.6) is 0 Å². The standard InChI is InChI=1S/C13H10BrFINO3S/c14-9-5-8(7-18)13(15)12(6-9)21(19,20)17-11-3-1-10(16)2-4-11/h1-6,17-18H,7H2. The summed E-state index contributed by atoms with van der Waals surface area (Å²) in [4.78, 5) is -0.514. The molecule has 2 N–H and O–H groups in total. The third kappa shape index (κ3) is 3.93. The summed E-state index contributed by atoms with van der Waals surface area (Å²) < 4.78 is 42.3. The highest BCUT2D eigenvalue weighted by Crippen LogP contribution is 2.26. The molecule has 0 aliphatic heterocycles. The van der Waals surface area contributed by atoms with E-state index in [-0.39, 0.29) is 5.56 Å². The van der Waals surface area contributed by atoms with Crippen molar-refractivity contribution in [3.8, 4) is 0 Å². The first-order valence-electron chi connectivity index (χ1n) is 5.70. The highest BCUT2D eigenvalue weighted by Gasteiger charge is 2.22. The van der Waals surface area contributed by atoms with Crippen molar-refractivity contribution < 1.29 is 17.9 Å². The number of benzene rings is 2. The number of sulfonamides is 1. The second kappa shape index (κ2) is 6.59. The van der Waals surface area contributed by atoms with Crippen LogP contribution in [0.3, 0.4) is 0 Å². The Balaban J connectivity index is 2.44. The fourth-order valence-electron chi connectivity index (χ4n) is 1.66. The minimum absolute atomic E-state index is 0.0904. The van der Waals surface area contributed by atoms with E-state index >= 15 is 0 Å². The number of aliphatic hydroxyl groups excluding tert-OH is 1. The topological polar surface area (TPSA) is 66.4 Å². The fraction of sp³-hybridized carbons (Fsp3) is 0.0769. The molecular weight excluding hydrogens is 476 g/mol. The Kier molecular flexibility index (Phi) is 5.23. The van der Waals surface area contributed by atoms with Crippen molar-refractivity contribution in [2.45, 2.75) is 11.5 Å². The van der Waals surface area contributed by atoms with Crippen LogP contribution in [0.2, 0.25) is 0 Å². The molecule has 0 amide bonds. The van der Waals surface area contributed by atoms with Gasteiger partial charge in [0, 0.05) is 19.3 Å². The van der Waals surface area contributed by atoms with Crippen LogP contribution in [-0.4, -0.2) is 13.5 Å². The zero-order chi connectivity index (χ0) is 15.6. The smallest absolute Gasteiger partial charge is 0.264 e. The third-order valence-corrected chi connectivity index (χ3v) is 5.19. The predicted octanol–water partition coefficient (Wildman–Crippen LogP) is 3.49. The summed E-state index contributed by atoms with van der Waals surface area (Å²) in [5, 5.41) is 9.08. The SMILES string of the molecule is O=S(=O)(Nc1ccc(I)cc1)c1cc(Br)cc(CO)c1F. The highest BCUT2D eigenvalue weighted by molar-refractivity contribution is 14.1. The summed E-state index contributed by atoms with van der Waals surface area (Å²) in [5.41, 5.74) is 0.243. The van der Waals surface area contributed by atoms with Gasteiger partial charge in [-0.05, 0) is 59.0 Å². The van der Waals surface area contributed by atoms with Crippen molar-refractivity contribution in [2.75, 3.05) is 4.72 Å². The Morgan fingerprint density at radius 1 is 1.24 bits per heavy atom.